The fraction of sp³-hybridized carbons (Fsp3) is 0.529. The number of benzene rings is 1. The Balaban J connectivity index is 1.62. The van der Waals surface area contributed by atoms with Gasteiger partial charge in [0, 0.05) is 18.3 Å². The highest BCUT2D eigenvalue weighted by molar-refractivity contribution is 5.97. The van der Waals surface area contributed by atoms with Crippen molar-refractivity contribution in [1.82, 2.24) is 4.90 Å². The number of fused-ring (bicyclic) bond motifs is 1. The van der Waals surface area contributed by atoms with E-state index in [2.05, 4.69) is 5.32 Å². The van der Waals surface area contributed by atoms with Crippen molar-refractivity contribution < 1.29 is 23.8 Å². The van der Waals surface area contributed by atoms with Gasteiger partial charge in [-0.2, -0.15) is 0 Å². The quantitative estimate of drug-likeness (QED) is 0.916. The molecule has 0 saturated carbocycles. The maximum Gasteiger partial charge on any atom is 0.410 e. The van der Waals surface area contributed by atoms with Gasteiger partial charge in [-0.25, -0.2) is 4.79 Å². The third kappa shape index (κ3) is 3.55. The monoisotopic (exact) mass is 334 g/mol. The summed E-state index contributed by atoms with van der Waals surface area (Å²) in [6.45, 7) is 5.02. The van der Waals surface area contributed by atoms with E-state index in [0.29, 0.717) is 36.8 Å². The predicted molar refractivity (Wildman–Crippen MR) is 87.1 cm³/mol. The minimum Gasteiger partial charge on any atom is -0.454 e. The van der Waals surface area contributed by atoms with Crippen LogP contribution in [-0.2, 0) is 9.53 Å². The van der Waals surface area contributed by atoms with E-state index in [-0.39, 0.29) is 18.6 Å². The highest BCUT2D eigenvalue weighted by atomic mass is 16.7. The molecular weight excluding hydrogens is 312 g/mol. The van der Waals surface area contributed by atoms with Crippen molar-refractivity contribution in [3.05, 3.63) is 18.2 Å². The minimum atomic E-state index is -0.505. The number of anilines is 1. The number of nitrogens with zero attached hydrogens (tertiary/aromatic N) is 1. The number of hydrogen-bond donors (Lipinski definition) is 1. The van der Waals surface area contributed by atoms with Crippen LogP contribution in [0.3, 0.4) is 0 Å². The van der Waals surface area contributed by atoms with Gasteiger partial charge in [-0.15, -0.1) is 0 Å². The number of ether oxygens (including phenoxy) is 3. The first kappa shape index (κ1) is 16.4. The number of rotatable bonds is 4. The van der Waals surface area contributed by atoms with E-state index < -0.39 is 12.1 Å². The van der Waals surface area contributed by atoms with Gasteiger partial charge < -0.3 is 19.5 Å². The van der Waals surface area contributed by atoms with Crippen LogP contribution in [0.25, 0.3) is 0 Å². The normalized spacial score (nSPS) is 18.8. The molecule has 2 amide bonds. The standard InChI is InChI=1S/C17H22N2O5/c1-11(2)9-22-17(21)19-7-3-4-13(19)16(20)18-12-5-6-14-15(8-12)24-10-23-14/h5-6,8,11,13H,3-4,7,9-10H2,1-2H3,(H,18,20)/t13-/m0/s1. The lowest BCUT2D eigenvalue weighted by Crippen LogP contribution is -2.43. The van der Waals surface area contributed by atoms with Crippen molar-refractivity contribution >= 4 is 17.7 Å². The SMILES string of the molecule is CC(C)COC(=O)N1CCC[C@H]1C(=O)Nc1ccc2c(c1)OCO2. The first-order valence-electron chi connectivity index (χ1n) is 8.18. The lowest BCUT2D eigenvalue weighted by atomic mass is 10.2. The molecule has 0 bridgehead atoms. The molecule has 0 radical (unpaired) electrons. The summed E-state index contributed by atoms with van der Waals surface area (Å²) in [4.78, 5) is 26.2. The first-order chi connectivity index (χ1) is 11.5. The molecule has 1 saturated heterocycles. The molecule has 0 aliphatic carbocycles. The minimum absolute atomic E-state index is 0.185. The number of nitrogens with one attached hydrogen (secondary N) is 1. The lowest BCUT2D eigenvalue weighted by Gasteiger charge is -2.23. The van der Waals surface area contributed by atoms with Gasteiger partial charge in [0.1, 0.15) is 6.04 Å². The Morgan fingerprint density at radius 3 is 2.92 bits per heavy atom. The van der Waals surface area contributed by atoms with Gasteiger partial charge in [-0.05, 0) is 30.9 Å². The van der Waals surface area contributed by atoms with Crippen LogP contribution in [0.5, 0.6) is 11.5 Å². The summed E-state index contributed by atoms with van der Waals surface area (Å²) in [5.41, 5.74) is 0.617. The Hall–Kier alpha value is -2.44. The summed E-state index contributed by atoms with van der Waals surface area (Å²) in [6, 6.07) is 4.72. The second-order valence-corrected chi connectivity index (χ2v) is 6.38. The molecule has 1 N–H and O–H groups in total. The Kier molecular flexibility index (Phi) is 4.78. The molecule has 1 fully saturated rings. The number of carbonyl (C=O) groups is 2. The molecule has 1 aromatic rings. The third-order valence-electron chi connectivity index (χ3n) is 3.97. The van der Waals surface area contributed by atoms with E-state index >= 15 is 0 Å². The molecule has 0 spiro atoms. The largest absolute Gasteiger partial charge is 0.454 e. The lowest BCUT2D eigenvalue weighted by molar-refractivity contribution is -0.120. The third-order valence-corrected chi connectivity index (χ3v) is 3.97. The van der Waals surface area contributed by atoms with Crippen LogP contribution in [0.15, 0.2) is 18.2 Å². The molecule has 3 rings (SSSR count). The van der Waals surface area contributed by atoms with Gasteiger partial charge in [0.25, 0.3) is 0 Å². The summed E-state index contributed by atoms with van der Waals surface area (Å²) >= 11 is 0. The number of carbonyl (C=O) groups excluding carboxylic acids is 2. The molecule has 130 valence electrons. The zero-order valence-electron chi connectivity index (χ0n) is 13.9. The predicted octanol–water partition coefficient (Wildman–Crippen LogP) is 2.61. The second-order valence-electron chi connectivity index (χ2n) is 6.38. The average Bonchev–Trinajstić information content (AvgIpc) is 3.20. The highest BCUT2D eigenvalue weighted by Crippen LogP contribution is 2.34. The molecule has 0 aromatic heterocycles. The molecule has 24 heavy (non-hydrogen) atoms. The highest BCUT2D eigenvalue weighted by Gasteiger charge is 2.35. The molecule has 1 atom stereocenters. The van der Waals surface area contributed by atoms with E-state index in [1.165, 1.54) is 4.90 Å². The Labute approximate surface area is 140 Å². The first-order valence-corrected chi connectivity index (χ1v) is 8.18. The van der Waals surface area contributed by atoms with Crippen LogP contribution in [0.2, 0.25) is 0 Å². The van der Waals surface area contributed by atoms with Crippen molar-refractivity contribution in [2.45, 2.75) is 32.7 Å². The molecule has 2 heterocycles. The van der Waals surface area contributed by atoms with Crippen LogP contribution in [-0.4, -0.2) is 42.9 Å². The van der Waals surface area contributed by atoms with E-state index in [1.807, 2.05) is 13.8 Å². The number of amides is 2. The van der Waals surface area contributed by atoms with Crippen LogP contribution in [0.4, 0.5) is 10.5 Å². The molecule has 2 aliphatic heterocycles. The smallest absolute Gasteiger partial charge is 0.410 e. The van der Waals surface area contributed by atoms with Gasteiger partial charge >= 0.3 is 6.09 Å². The fourth-order valence-electron chi connectivity index (χ4n) is 2.78. The second kappa shape index (κ2) is 6.98. The molecule has 7 heteroatoms. The summed E-state index contributed by atoms with van der Waals surface area (Å²) < 4.78 is 15.8. The van der Waals surface area contributed by atoms with Crippen molar-refractivity contribution in [3.8, 4) is 11.5 Å². The summed E-state index contributed by atoms with van der Waals surface area (Å²) in [6.07, 6.45) is 0.996. The molecule has 1 aromatic carbocycles. The molecular formula is C17H22N2O5. The zero-order chi connectivity index (χ0) is 17.1. The van der Waals surface area contributed by atoms with E-state index in [4.69, 9.17) is 14.2 Å². The van der Waals surface area contributed by atoms with Crippen LogP contribution in [0, 0.1) is 5.92 Å². The maximum atomic E-state index is 12.5. The van der Waals surface area contributed by atoms with Crippen LogP contribution < -0.4 is 14.8 Å². The van der Waals surface area contributed by atoms with Crippen molar-refractivity contribution in [2.75, 3.05) is 25.3 Å². The van der Waals surface area contributed by atoms with Crippen LogP contribution in [0.1, 0.15) is 26.7 Å². The fourth-order valence-corrected chi connectivity index (χ4v) is 2.78. The van der Waals surface area contributed by atoms with E-state index in [9.17, 15) is 9.59 Å². The Morgan fingerprint density at radius 2 is 2.12 bits per heavy atom. The topological polar surface area (TPSA) is 77.1 Å². The molecule has 2 aliphatic rings. The van der Waals surface area contributed by atoms with E-state index in [1.54, 1.807) is 18.2 Å². The van der Waals surface area contributed by atoms with Gasteiger partial charge in [-0.3, -0.25) is 9.69 Å². The van der Waals surface area contributed by atoms with Gasteiger partial charge in [0.05, 0.1) is 6.61 Å². The van der Waals surface area contributed by atoms with Crippen LogP contribution >= 0.6 is 0 Å². The number of hydrogen-bond acceptors (Lipinski definition) is 5. The van der Waals surface area contributed by atoms with Gasteiger partial charge in [-0.1, -0.05) is 13.8 Å². The average molecular weight is 334 g/mol. The number of likely N-dealkylation sites (tertiary alicyclic amines) is 1. The van der Waals surface area contributed by atoms with Crippen molar-refractivity contribution in [1.29, 1.82) is 0 Å². The molecule has 7 nitrogen and oxygen atoms in total. The summed E-state index contributed by atoms with van der Waals surface area (Å²) in [5.74, 6) is 1.31. The maximum absolute atomic E-state index is 12.5. The van der Waals surface area contributed by atoms with Crippen molar-refractivity contribution in [2.24, 2.45) is 5.92 Å². The van der Waals surface area contributed by atoms with E-state index in [0.717, 1.165) is 6.42 Å². The summed E-state index contributed by atoms with van der Waals surface area (Å²) in [7, 11) is 0. The van der Waals surface area contributed by atoms with Gasteiger partial charge in [0.15, 0.2) is 11.5 Å². The summed E-state index contributed by atoms with van der Waals surface area (Å²) in [5, 5.41) is 2.84. The molecule has 0 unspecified atom stereocenters. The van der Waals surface area contributed by atoms with Crippen molar-refractivity contribution in [3.63, 3.8) is 0 Å². The Morgan fingerprint density at radius 1 is 1.33 bits per heavy atom. The Bertz CT molecular complexity index is 631. The zero-order valence-corrected chi connectivity index (χ0v) is 13.9. The van der Waals surface area contributed by atoms with Gasteiger partial charge in [0.2, 0.25) is 12.7 Å².